The lowest BCUT2D eigenvalue weighted by Crippen LogP contribution is -2.27. The van der Waals surface area contributed by atoms with Crippen LogP contribution < -0.4 is 20.1 Å². The van der Waals surface area contributed by atoms with Crippen LogP contribution in [0.2, 0.25) is 0 Å². The molecule has 0 unspecified atom stereocenters. The van der Waals surface area contributed by atoms with Gasteiger partial charge in [-0.25, -0.2) is 9.59 Å². The van der Waals surface area contributed by atoms with Gasteiger partial charge in [-0.05, 0) is 90.1 Å². The molecule has 0 bridgehead atoms. The molecule has 2 N–H and O–H groups in total. The number of hydrogen-bond acceptors (Lipinski definition) is 8. The van der Waals surface area contributed by atoms with Crippen molar-refractivity contribution in [1.29, 1.82) is 0 Å². The predicted octanol–water partition coefficient (Wildman–Crippen LogP) is 8.67. The number of alkyl halides is 6. The monoisotopic (exact) mass is 714 g/mol. The van der Waals surface area contributed by atoms with Gasteiger partial charge in [0, 0.05) is 49.0 Å². The summed E-state index contributed by atoms with van der Waals surface area (Å²) in [5, 5.41) is 12.8. The average Bonchev–Trinajstić information content (AvgIpc) is 3.54. The number of aromatic nitrogens is 4. The minimum absolute atomic E-state index is 0.130. The maximum Gasteiger partial charge on any atom is 0.573 e. The average molecular weight is 715 g/mol. The fourth-order valence-electron chi connectivity index (χ4n) is 4.16. The van der Waals surface area contributed by atoms with Crippen LogP contribution >= 0.6 is 0 Å². The number of carbonyl (C=O) groups is 2. The van der Waals surface area contributed by atoms with E-state index in [0.29, 0.717) is 11.4 Å². The highest BCUT2D eigenvalue weighted by molar-refractivity contribution is 5.87. The molecular weight excluding hydrogens is 678 g/mol. The Morgan fingerprint density at radius 3 is 1.20 bits per heavy atom. The molecule has 0 saturated heterocycles. The number of amides is 2. The molecule has 0 aliphatic rings. The van der Waals surface area contributed by atoms with Gasteiger partial charge in [0.25, 0.3) is 0 Å². The Bertz CT molecular complexity index is 1660. The van der Waals surface area contributed by atoms with E-state index in [0.717, 1.165) is 12.1 Å². The molecule has 0 radical (unpaired) electrons. The molecule has 2 aromatic carbocycles. The number of halogens is 6. The second-order valence-electron chi connectivity index (χ2n) is 12.5. The number of benzene rings is 2. The van der Waals surface area contributed by atoms with Crippen LogP contribution in [0.3, 0.4) is 0 Å². The zero-order chi connectivity index (χ0) is 37.7. The summed E-state index contributed by atoms with van der Waals surface area (Å²) in [6, 6.07) is 10.6. The smallest absolute Gasteiger partial charge is 0.444 e. The van der Waals surface area contributed by atoms with Crippen molar-refractivity contribution in [3.05, 3.63) is 60.9 Å². The van der Waals surface area contributed by atoms with Crippen LogP contribution in [0.5, 0.6) is 11.5 Å². The Morgan fingerprint density at radius 2 is 0.940 bits per heavy atom. The number of anilines is 2. The Morgan fingerprint density at radius 1 is 0.600 bits per heavy atom. The van der Waals surface area contributed by atoms with E-state index in [1.165, 1.54) is 58.2 Å². The first kappa shape index (κ1) is 39.0. The van der Waals surface area contributed by atoms with Crippen LogP contribution in [-0.2, 0) is 23.6 Å². The standard InChI is InChI=1S/2C16H18F3N3O3/c2*1-15(2,3)25-14(23)21-10-5-6-13(24-16(17,18)19)11(9-10)12-7-8-20-22(12)4/h2*5-9H,1-4H3,(H,21,23). The minimum Gasteiger partial charge on any atom is -0.444 e. The summed E-state index contributed by atoms with van der Waals surface area (Å²) >= 11 is 0. The summed E-state index contributed by atoms with van der Waals surface area (Å²) in [5.41, 5.74) is 0.179. The molecule has 2 amide bonds. The fraction of sp³-hybridized carbons (Fsp3) is 0.375. The van der Waals surface area contributed by atoms with Gasteiger partial charge in [-0.2, -0.15) is 10.2 Å². The minimum atomic E-state index is -4.84. The van der Waals surface area contributed by atoms with E-state index in [-0.39, 0.29) is 22.5 Å². The van der Waals surface area contributed by atoms with Crippen molar-refractivity contribution in [2.75, 3.05) is 10.6 Å². The first-order valence-electron chi connectivity index (χ1n) is 14.7. The Kier molecular flexibility index (Phi) is 11.7. The number of hydrogen-bond donors (Lipinski definition) is 2. The van der Waals surface area contributed by atoms with Gasteiger partial charge in [-0.3, -0.25) is 20.0 Å². The number of rotatable bonds is 6. The molecule has 50 heavy (non-hydrogen) atoms. The van der Waals surface area contributed by atoms with Gasteiger partial charge < -0.3 is 18.9 Å². The van der Waals surface area contributed by atoms with Gasteiger partial charge in [0.05, 0.1) is 11.4 Å². The molecule has 18 heteroatoms. The van der Waals surface area contributed by atoms with Gasteiger partial charge in [0.2, 0.25) is 0 Å². The van der Waals surface area contributed by atoms with Gasteiger partial charge >= 0.3 is 24.9 Å². The zero-order valence-electron chi connectivity index (χ0n) is 28.3. The molecule has 2 heterocycles. The second-order valence-corrected chi connectivity index (χ2v) is 12.5. The van der Waals surface area contributed by atoms with Crippen molar-refractivity contribution < 1.29 is 54.9 Å². The lowest BCUT2D eigenvalue weighted by Gasteiger charge is -2.20. The second kappa shape index (κ2) is 15.0. The molecule has 4 rings (SSSR count). The lowest BCUT2D eigenvalue weighted by atomic mass is 10.1. The quantitative estimate of drug-likeness (QED) is 0.190. The van der Waals surface area contributed by atoms with Gasteiger partial charge in [-0.15, -0.1) is 26.3 Å². The van der Waals surface area contributed by atoms with Crippen LogP contribution in [-0.4, -0.2) is 55.7 Å². The summed E-state index contributed by atoms with van der Waals surface area (Å²) in [7, 11) is 3.17. The van der Waals surface area contributed by atoms with Crippen LogP contribution in [0.25, 0.3) is 22.5 Å². The van der Waals surface area contributed by atoms with Gasteiger partial charge in [-0.1, -0.05) is 0 Å². The normalized spacial score (nSPS) is 12.0. The van der Waals surface area contributed by atoms with E-state index < -0.39 is 47.6 Å². The van der Waals surface area contributed by atoms with Crippen LogP contribution in [0, 0.1) is 0 Å². The molecule has 0 aliphatic carbocycles. The maximum atomic E-state index is 12.6. The molecule has 0 saturated carbocycles. The first-order valence-corrected chi connectivity index (χ1v) is 14.7. The molecule has 12 nitrogen and oxygen atoms in total. The van der Waals surface area contributed by atoms with Crippen LogP contribution in [0.1, 0.15) is 41.5 Å². The van der Waals surface area contributed by atoms with E-state index in [1.54, 1.807) is 55.6 Å². The summed E-state index contributed by atoms with van der Waals surface area (Å²) in [5.74, 6) is -0.795. The van der Waals surface area contributed by atoms with Gasteiger partial charge in [0.1, 0.15) is 22.7 Å². The molecular formula is C32H36F6N6O6. The SMILES string of the molecule is Cn1nccc1-c1cc(NC(=O)OC(C)(C)C)ccc1OC(F)(F)F.Cn1nccc1-c1cc(NC(=O)OC(C)(C)C)ccc1OC(F)(F)F. The van der Waals surface area contributed by atoms with E-state index in [4.69, 9.17) is 9.47 Å². The largest absolute Gasteiger partial charge is 0.573 e. The Balaban J connectivity index is 0.000000270. The number of nitrogens with one attached hydrogen (secondary N) is 2. The molecule has 0 fully saturated rings. The Hall–Kier alpha value is -5.42. The molecule has 0 spiro atoms. The molecule has 0 aliphatic heterocycles. The highest BCUT2D eigenvalue weighted by Crippen LogP contribution is 2.37. The van der Waals surface area contributed by atoms with Crippen molar-refractivity contribution in [1.82, 2.24) is 19.6 Å². The van der Waals surface area contributed by atoms with E-state index in [2.05, 4.69) is 30.3 Å². The van der Waals surface area contributed by atoms with Crippen molar-refractivity contribution >= 4 is 23.6 Å². The lowest BCUT2D eigenvalue weighted by molar-refractivity contribution is -0.275. The number of carbonyl (C=O) groups excluding carboxylic acids is 2. The van der Waals surface area contributed by atoms with Crippen LogP contribution in [0.15, 0.2) is 60.9 Å². The summed E-state index contributed by atoms with van der Waals surface area (Å²) in [6.45, 7) is 10.2. The van der Waals surface area contributed by atoms with Crippen molar-refractivity contribution in [2.45, 2.75) is 65.5 Å². The Labute approximate surface area is 283 Å². The van der Waals surface area contributed by atoms with E-state index in [1.807, 2.05) is 0 Å². The number of aryl methyl sites for hydroxylation is 2. The summed E-state index contributed by atoms with van der Waals surface area (Å²) in [4.78, 5) is 23.7. The first-order chi connectivity index (χ1) is 22.9. The molecule has 2 aromatic heterocycles. The number of ether oxygens (including phenoxy) is 4. The third-order valence-corrected chi connectivity index (χ3v) is 5.89. The zero-order valence-corrected chi connectivity index (χ0v) is 28.3. The molecule has 272 valence electrons. The third kappa shape index (κ3) is 12.6. The fourth-order valence-corrected chi connectivity index (χ4v) is 4.16. The van der Waals surface area contributed by atoms with Crippen molar-refractivity contribution in [3.8, 4) is 34.0 Å². The topological polar surface area (TPSA) is 131 Å². The van der Waals surface area contributed by atoms with Gasteiger partial charge in [0.15, 0.2) is 0 Å². The van der Waals surface area contributed by atoms with Crippen molar-refractivity contribution in [2.24, 2.45) is 14.1 Å². The third-order valence-electron chi connectivity index (χ3n) is 5.89. The van der Waals surface area contributed by atoms with E-state index in [9.17, 15) is 35.9 Å². The molecule has 4 aromatic rings. The van der Waals surface area contributed by atoms with E-state index >= 15 is 0 Å². The summed E-state index contributed by atoms with van der Waals surface area (Å²) in [6.07, 6.45) is -8.22. The maximum absolute atomic E-state index is 12.6. The predicted molar refractivity (Wildman–Crippen MR) is 170 cm³/mol. The van der Waals surface area contributed by atoms with Crippen LogP contribution in [0.4, 0.5) is 47.3 Å². The highest BCUT2D eigenvalue weighted by Gasteiger charge is 2.34. The highest BCUT2D eigenvalue weighted by atomic mass is 19.4. The number of nitrogens with zero attached hydrogens (tertiary/aromatic N) is 4. The summed E-state index contributed by atoms with van der Waals surface area (Å²) < 4.78 is 96.9. The van der Waals surface area contributed by atoms with Crippen molar-refractivity contribution in [3.63, 3.8) is 0 Å². The molecule has 0 atom stereocenters.